The van der Waals surface area contributed by atoms with Crippen molar-refractivity contribution in [1.29, 1.82) is 0 Å². The summed E-state index contributed by atoms with van der Waals surface area (Å²) in [7, 11) is 0. The molecule has 0 aliphatic carbocycles. The van der Waals surface area contributed by atoms with Gasteiger partial charge in [0.25, 0.3) is 0 Å². The highest BCUT2D eigenvalue weighted by Crippen LogP contribution is 2.45. The van der Waals surface area contributed by atoms with Crippen LogP contribution in [-0.2, 0) is 0 Å². The summed E-state index contributed by atoms with van der Waals surface area (Å²) in [4.78, 5) is 0. The normalized spacial score (nSPS) is 12.8. The highest BCUT2D eigenvalue weighted by Gasteiger charge is 2.18. The summed E-state index contributed by atoms with van der Waals surface area (Å²) < 4.78 is 44.5. The van der Waals surface area contributed by atoms with Crippen LogP contribution in [-0.4, -0.2) is 0 Å². The SMILES string of the molecule is [2H]c1c([2H])c(-c2cccc3oc4cc(-c5cccc6ccccc56)ccc4c23)c([2H])c([2H])c1-c1c2ccccc2c(-c2ccccc2)c2ccccc12. The first kappa shape index (κ1) is 23.8. The molecule has 0 N–H and O–H groups in total. The minimum atomic E-state index is -0.0875. The summed E-state index contributed by atoms with van der Waals surface area (Å²) in [6.07, 6.45) is 0. The fourth-order valence-corrected chi connectivity index (χ4v) is 7.56. The van der Waals surface area contributed by atoms with Crippen molar-refractivity contribution in [3.05, 3.63) is 182 Å². The van der Waals surface area contributed by atoms with E-state index in [4.69, 9.17) is 4.42 Å². The van der Waals surface area contributed by atoms with Crippen LogP contribution in [0.4, 0.5) is 0 Å². The molecule has 228 valence electrons. The third-order valence-electron chi connectivity index (χ3n) is 9.74. The molecule has 49 heavy (non-hydrogen) atoms. The average Bonchev–Trinajstić information content (AvgIpc) is 3.59. The predicted octanol–water partition coefficient (Wildman–Crippen LogP) is 13.7. The van der Waals surface area contributed by atoms with E-state index >= 15 is 0 Å². The molecule has 1 heteroatoms. The number of rotatable bonds is 4. The van der Waals surface area contributed by atoms with Crippen molar-refractivity contribution in [3.63, 3.8) is 0 Å². The molecule has 1 aromatic heterocycles. The summed E-state index contributed by atoms with van der Waals surface area (Å²) in [6.45, 7) is 0. The molecule has 0 fully saturated rings. The van der Waals surface area contributed by atoms with Gasteiger partial charge in [-0.2, -0.15) is 0 Å². The van der Waals surface area contributed by atoms with Gasteiger partial charge in [-0.05, 0) is 95.0 Å². The molecule has 0 unspecified atom stereocenters. The van der Waals surface area contributed by atoms with Crippen molar-refractivity contribution in [1.82, 2.24) is 0 Å². The molecule has 0 radical (unpaired) electrons. The van der Waals surface area contributed by atoms with Gasteiger partial charge in [0.1, 0.15) is 11.2 Å². The van der Waals surface area contributed by atoms with Crippen molar-refractivity contribution < 1.29 is 9.90 Å². The van der Waals surface area contributed by atoms with Crippen LogP contribution in [0.3, 0.4) is 0 Å². The zero-order valence-corrected chi connectivity index (χ0v) is 26.4. The molecule has 1 nitrogen and oxygen atoms in total. The van der Waals surface area contributed by atoms with Gasteiger partial charge in [0.05, 0.1) is 5.48 Å². The third kappa shape index (κ3) is 4.40. The second-order valence-electron chi connectivity index (χ2n) is 12.5. The molecule has 0 atom stereocenters. The van der Waals surface area contributed by atoms with E-state index in [1.165, 1.54) is 0 Å². The topological polar surface area (TPSA) is 13.1 Å². The molecule has 0 amide bonds. The second-order valence-corrected chi connectivity index (χ2v) is 12.5. The van der Waals surface area contributed by atoms with Gasteiger partial charge in [0, 0.05) is 10.8 Å². The third-order valence-corrected chi connectivity index (χ3v) is 9.74. The second kappa shape index (κ2) is 11.1. The highest BCUT2D eigenvalue weighted by atomic mass is 16.3. The van der Waals surface area contributed by atoms with Crippen molar-refractivity contribution in [2.75, 3.05) is 0 Å². The van der Waals surface area contributed by atoms with Gasteiger partial charge < -0.3 is 4.42 Å². The first-order chi connectivity index (χ1) is 26.0. The van der Waals surface area contributed by atoms with Gasteiger partial charge >= 0.3 is 0 Å². The lowest BCUT2D eigenvalue weighted by Crippen LogP contribution is -1.90. The Morgan fingerprint density at radius 1 is 0.347 bits per heavy atom. The zero-order chi connectivity index (χ0) is 35.8. The van der Waals surface area contributed by atoms with E-state index in [0.717, 1.165) is 65.3 Å². The lowest BCUT2D eigenvalue weighted by molar-refractivity contribution is 0.669. The van der Waals surface area contributed by atoms with Crippen LogP contribution in [0.15, 0.2) is 186 Å². The average molecular weight is 627 g/mol. The lowest BCUT2D eigenvalue weighted by atomic mass is 9.85. The molecule has 1 heterocycles. The molecule has 10 rings (SSSR count). The first-order valence-corrected chi connectivity index (χ1v) is 16.5. The van der Waals surface area contributed by atoms with Gasteiger partial charge in [0.15, 0.2) is 0 Å². The largest absolute Gasteiger partial charge is 0.456 e. The molecule has 0 aliphatic heterocycles. The number of hydrogen-bond donors (Lipinski definition) is 0. The monoisotopic (exact) mass is 626 g/mol. The van der Waals surface area contributed by atoms with Crippen molar-refractivity contribution in [2.24, 2.45) is 0 Å². The molecule has 10 aromatic rings. The minimum absolute atomic E-state index is 0.0770. The summed E-state index contributed by atoms with van der Waals surface area (Å²) in [6, 6.07) is 52.5. The fourth-order valence-electron chi connectivity index (χ4n) is 7.56. The minimum Gasteiger partial charge on any atom is -0.456 e. The molecule has 0 spiro atoms. The molecule has 0 saturated carbocycles. The van der Waals surface area contributed by atoms with E-state index < -0.39 is 0 Å². The number of benzene rings is 9. The van der Waals surface area contributed by atoms with Gasteiger partial charge in [-0.25, -0.2) is 0 Å². The van der Waals surface area contributed by atoms with Crippen LogP contribution in [0.25, 0.3) is 98.8 Å². The van der Waals surface area contributed by atoms with Gasteiger partial charge in [0.2, 0.25) is 0 Å². The molecular weight excluding hydrogens is 593 g/mol. The Kier molecular flexibility index (Phi) is 5.38. The van der Waals surface area contributed by atoms with Crippen molar-refractivity contribution in [2.45, 2.75) is 0 Å². The summed E-state index contributed by atoms with van der Waals surface area (Å²) in [5.74, 6) is 0. The Hall–Kier alpha value is -6.44. The van der Waals surface area contributed by atoms with E-state index in [2.05, 4.69) is 60.7 Å². The number of fused-ring (bicyclic) bond motifs is 6. The van der Waals surface area contributed by atoms with Crippen molar-refractivity contribution in [3.8, 4) is 44.5 Å². The molecule has 0 aliphatic rings. The van der Waals surface area contributed by atoms with Crippen molar-refractivity contribution >= 4 is 54.3 Å². The Balaban J connectivity index is 1.20. The van der Waals surface area contributed by atoms with Crippen LogP contribution >= 0.6 is 0 Å². The highest BCUT2D eigenvalue weighted by molar-refractivity contribution is 6.21. The maximum Gasteiger partial charge on any atom is 0.136 e. The van der Waals surface area contributed by atoms with E-state index in [0.29, 0.717) is 27.9 Å². The first-order valence-electron chi connectivity index (χ1n) is 18.5. The van der Waals surface area contributed by atoms with Crippen LogP contribution in [0.5, 0.6) is 0 Å². The maximum absolute atomic E-state index is 9.54. The number of hydrogen-bond acceptors (Lipinski definition) is 1. The molecular formula is C48H30O. The Morgan fingerprint density at radius 3 is 1.61 bits per heavy atom. The Labute approximate surface area is 289 Å². The van der Waals surface area contributed by atoms with Crippen LogP contribution < -0.4 is 0 Å². The number of furan rings is 1. The van der Waals surface area contributed by atoms with E-state index in [1.807, 2.05) is 97.1 Å². The van der Waals surface area contributed by atoms with E-state index in [1.54, 1.807) is 0 Å². The standard InChI is InChI=1S/C48H30O/c1-2-13-33(14-3-1)46-39-17-6-8-19-41(39)47(42-20-9-7-18-40(42)46)34-26-24-32(25-27-34)38-22-11-23-44-48(38)43-29-28-35(30-45(43)49-44)37-21-10-15-31-12-4-5-16-36(31)37/h1-30H/i24D,25D,26D,27D. The fraction of sp³-hybridized carbons (Fsp3) is 0. The predicted molar refractivity (Wildman–Crippen MR) is 208 cm³/mol. The van der Waals surface area contributed by atoms with Gasteiger partial charge in [-0.15, -0.1) is 0 Å². The summed E-state index contributed by atoms with van der Waals surface area (Å²) >= 11 is 0. The Bertz CT molecular complexity index is 3020. The van der Waals surface area contributed by atoms with Gasteiger partial charge in [-0.1, -0.05) is 164 Å². The smallest absolute Gasteiger partial charge is 0.136 e. The summed E-state index contributed by atoms with van der Waals surface area (Å²) in [5, 5.41) is 7.68. The quantitative estimate of drug-likeness (QED) is 0.177. The van der Waals surface area contributed by atoms with E-state index in [9.17, 15) is 5.48 Å². The maximum atomic E-state index is 9.54. The molecule has 9 aromatic carbocycles. The van der Waals surface area contributed by atoms with Crippen LogP contribution in [0, 0.1) is 0 Å². The Morgan fingerprint density at radius 2 is 0.898 bits per heavy atom. The van der Waals surface area contributed by atoms with Crippen LogP contribution in [0.2, 0.25) is 0 Å². The zero-order valence-electron chi connectivity index (χ0n) is 30.4. The molecule has 0 bridgehead atoms. The van der Waals surface area contributed by atoms with Crippen LogP contribution in [0.1, 0.15) is 5.48 Å². The van der Waals surface area contributed by atoms with E-state index in [-0.39, 0.29) is 29.7 Å². The summed E-state index contributed by atoms with van der Waals surface area (Å²) in [5.41, 5.74) is 7.47. The van der Waals surface area contributed by atoms with Gasteiger partial charge in [-0.3, -0.25) is 0 Å². The molecule has 0 saturated heterocycles. The lowest BCUT2D eigenvalue weighted by Gasteiger charge is -2.18.